The van der Waals surface area contributed by atoms with Crippen LogP contribution in [-0.4, -0.2) is 28.5 Å². The van der Waals surface area contributed by atoms with Crippen LogP contribution in [0.3, 0.4) is 0 Å². The summed E-state index contributed by atoms with van der Waals surface area (Å²) in [6, 6.07) is 19.2. The molecule has 0 aliphatic heterocycles. The molecule has 0 fully saturated rings. The molecule has 0 spiro atoms. The Kier molecular flexibility index (Phi) is 13.3. The second kappa shape index (κ2) is 17.8. The van der Waals surface area contributed by atoms with Gasteiger partial charge in [0.2, 0.25) is 0 Å². The summed E-state index contributed by atoms with van der Waals surface area (Å²) in [5.74, 6) is -0.530. The number of unbranched alkanes of at least 4 members (excludes halogenated alkanes) is 4. The Morgan fingerprint density at radius 3 is 1.42 bits per heavy atom. The summed E-state index contributed by atoms with van der Waals surface area (Å²) in [5, 5.41) is 16.3. The first-order valence-corrected chi connectivity index (χ1v) is 18.3. The third-order valence-corrected chi connectivity index (χ3v) is 10.1. The molecule has 0 radical (unpaired) electrons. The van der Waals surface area contributed by atoms with E-state index in [4.69, 9.17) is 0 Å². The Morgan fingerprint density at radius 2 is 1.06 bits per heavy atom. The molecule has 0 aliphatic carbocycles. The molecule has 0 aliphatic rings. The van der Waals surface area contributed by atoms with Gasteiger partial charge in [0.15, 0.2) is 0 Å². The molecule has 8 nitrogen and oxygen atoms in total. The second-order valence-electron chi connectivity index (χ2n) is 11.6. The molecule has 48 heavy (non-hydrogen) atoms. The number of aryl methyl sites for hydroxylation is 6. The summed E-state index contributed by atoms with van der Waals surface area (Å²) in [5.41, 5.74) is 5.87. The number of rotatable bonds is 14. The van der Waals surface area contributed by atoms with E-state index >= 15 is 0 Å². The molecular weight excluding hydrogens is 973 g/mol. The van der Waals surface area contributed by atoms with Crippen molar-refractivity contribution < 1.29 is 47.5 Å². The molecule has 0 amide bonds. The Balaban J connectivity index is 0.000000188. The maximum absolute atomic E-state index is 13.0. The SMILES string of the molecule is Cc1cc(CCCCCn2ccn(-c3[c-]cc(F)cc3)[c]2=[Pt])n[n-]1.Cc1cc(CCCCCn2ccn(-c3[c-]cc(F)cc3)[c]2=[Pt])n[n-]1. The van der Waals surface area contributed by atoms with E-state index in [0.717, 1.165) is 106 Å². The normalized spacial score (nSPS) is 11.2. The Bertz CT molecular complexity index is 1830. The van der Waals surface area contributed by atoms with E-state index in [9.17, 15) is 8.78 Å². The topological polar surface area (TPSA) is 73.7 Å². The monoisotopic (exact) mass is 1010 g/mol. The first kappa shape index (κ1) is 35.8. The van der Waals surface area contributed by atoms with Gasteiger partial charge in [-0.2, -0.15) is 0 Å². The molecule has 4 aromatic heterocycles. The molecule has 6 rings (SSSR count). The van der Waals surface area contributed by atoms with Gasteiger partial charge in [0, 0.05) is 0 Å². The van der Waals surface area contributed by atoms with E-state index in [1.807, 2.05) is 35.4 Å². The van der Waals surface area contributed by atoms with Crippen molar-refractivity contribution in [2.45, 2.75) is 78.3 Å². The Labute approximate surface area is 301 Å². The molecule has 0 atom stereocenters. The van der Waals surface area contributed by atoms with Crippen LogP contribution in [0.2, 0.25) is 0 Å². The van der Waals surface area contributed by atoms with E-state index in [1.165, 1.54) is 24.3 Å². The van der Waals surface area contributed by atoms with Gasteiger partial charge in [-0.3, -0.25) is 0 Å². The van der Waals surface area contributed by atoms with E-state index in [1.54, 1.807) is 12.1 Å². The fraction of sp³-hybridized carbons (Fsp3) is 0.333. The predicted molar refractivity (Wildman–Crippen MR) is 171 cm³/mol. The van der Waals surface area contributed by atoms with Crippen LogP contribution < -0.4 is 10.2 Å². The number of aromatic nitrogens is 8. The number of nitrogens with zero attached hydrogens (tertiary/aromatic N) is 8. The fourth-order valence-electron chi connectivity index (χ4n) is 5.22. The van der Waals surface area contributed by atoms with Gasteiger partial charge < -0.3 is 0 Å². The average molecular weight is 1010 g/mol. The Morgan fingerprint density at radius 1 is 0.625 bits per heavy atom. The van der Waals surface area contributed by atoms with Crippen LogP contribution in [0.1, 0.15) is 61.3 Å². The van der Waals surface area contributed by atoms with Crippen LogP contribution in [0.15, 0.2) is 73.3 Å². The zero-order valence-electron chi connectivity index (χ0n) is 27.0. The van der Waals surface area contributed by atoms with Gasteiger partial charge in [0.1, 0.15) is 0 Å². The van der Waals surface area contributed by atoms with Crippen LogP contribution in [0.4, 0.5) is 8.78 Å². The first-order chi connectivity index (χ1) is 23.3. The van der Waals surface area contributed by atoms with E-state index in [2.05, 4.69) is 105 Å². The van der Waals surface area contributed by atoms with Gasteiger partial charge >= 0.3 is 303 Å². The minimum atomic E-state index is -0.265. The standard InChI is InChI=1S/2C18H19FN4.2Pt/c2*1-15-13-17(21-20-15)5-3-2-4-10-22-11-12-23(14-22)18-8-6-16(19)7-9-18;;/h2*6-8,11-13H,2-5,10H2,1H3;;/q2*-2;;. The van der Waals surface area contributed by atoms with Crippen LogP contribution in [0.25, 0.3) is 11.4 Å². The van der Waals surface area contributed by atoms with Crippen LogP contribution >= 0.6 is 0 Å². The molecule has 2 aromatic carbocycles. The van der Waals surface area contributed by atoms with E-state index < -0.39 is 0 Å². The maximum atomic E-state index is 13.0. The Hall–Kier alpha value is -3.48. The average Bonchev–Trinajstić information content (AvgIpc) is 3.87. The number of benzene rings is 2. The van der Waals surface area contributed by atoms with Gasteiger partial charge in [0.25, 0.3) is 0 Å². The van der Waals surface area contributed by atoms with E-state index in [-0.39, 0.29) is 11.6 Å². The third kappa shape index (κ3) is 10.3. The number of hydrogen-bond acceptors (Lipinski definition) is 2. The van der Waals surface area contributed by atoms with Crippen molar-refractivity contribution in [3.8, 4) is 11.4 Å². The summed E-state index contributed by atoms with van der Waals surface area (Å²) in [6.45, 7) is 5.88. The van der Waals surface area contributed by atoms with Crippen molar-refractivity contribution in [3.63, 3.8) is 0 Å². The second-order valence-corrected chi connectivity index (χ2v) is 13.6. The summed E-state index contributed by atoms with van der Waals surface area (Å²) < 4.78 is 36.7. The quantitative estimate of drug-likeness (QED) is 0.0897. The minimum absolute atomic E-state index is 0.265. The van der Waals surface area contributed by atoms with Crippen LogP contribution in [-0.2, 0) is 64.6 Å². The van der Waals surface area contributed by atoms with Gasteiger partial charge in [0.05, 0.1) is 0 Å². The summed E-state index contributed by atoms with van der Waals surface area (Å²) in [4.78, 5) is 0. The van der Waals surface area contributed by atoms with Crippen molar-refractivity contribution in [2.75, 3.05) is 0 Å². The first-order valence-electron chi connectivity index (χ1n) is 16.0. The molecule has 260 valence electrons. The van der Waals surface area contributed by atoms with Crippen molar-refractivity contribution in [1.82, 2.24) is 38.7 Å². The molecule has 0 N–H and O–H groups in total. The number of imidazole rings is 2. The molecular formula is C36H38F2N8Pt2-4. The van der Waals surface area contributed by atoms with Gasteiger partial charge in [-0.15, -0.1) is 0 Å². The molecule has 6 aromatic rings. The van der Waals surface area contributed by atoms with Crippen molar-refractivity contribution >= 4 is 0 Å². The van der Waals surface area contributed by atoms with Crippen molar-refractivity contribution in [2.24, 2.45) is 0 Å². The van der Waals surface area contributed by atoms with Gasteiger partial charge in [-0.05, 0) is 0 Å². The molecule has 12 heteroatoms. The molecule has 0 bridgehead atoms. The van der Waals surface area contributed by atoms with Crippen molar-refractivity contribution in [3.05, 3.63) is 127 Å². The third-order valence-electron chi connectivity index (χ3n) is 7.72. The van der Waals surface area contributed by atoms with Crippen molar-refractivity contribution in [1.29, 1.82) is 0 Å². The number of halogens is 2. The zero-order chi connectivity index (χ0) is 33.9. The predicted octanol–water partition coefficient (Wildman–Crippen LogP) is 6.74. The van der Waals surface area contributed by atoms with Gasteiger partial charge in [-0.1, -0.05) is 0 Å². The summed E-state index contributed by atoms with van der Waals surface area (Å²) >= 11 is 4.59. The summed E-state index contributed by atoms with van der Waals surface area (Å²) in [7, 11) is 0. The summed E-state index contributed by atoms with van der Waals surface area (Å²) in [6.07, 6.45) is 16.9. The van der Waals surface area contributed by atoms with Gasteiger partial charge in [-0.25, -0.2) is 0 Å². The molecule has 0 unspecified atom stereocenters. The van der Waals surface area contributed by atoms with Crippen LogP contribution in [0, 0.1) is 45.2 Å². The van der Waals surface area contributed by atoms with E-state index in [0.29, 0.717) is 0 Å². The zero-order valence-corrected chi connectivity index (χ0v) is 31.5. The number of hydrogen-bond donors (Lipinski definition) is 0. The fourth-order valence-corrected chi connectivity index (χ4v) is 6.95. The molecule has 0 saturated carbocycles. The molecule has 4 heterocycles. The molecule has 0 saturated heterocycles. The van der Waals surface area contributed by atoms with Crippen LogP contribution in [0.5, 0.6) is 0 Å².